The highest BCUT2D eigenvalue weighted by Crippen LogP contribution is 2.22. The largest absolute Gasteiger partial charge is 0.481 e. The maximum atomic E-state index is 12.3. The van der Waals surface area contributed by atoms with Gasteiger partial charge in [0.25, 0.3) is 0 Å². The number of Topliss-reactive ketones (excluding diaryl/α,β-unsaturated/α-hetero) is 1. The number of hydrogen-bond acceptors (Lipinski definition) is 34. The Morgan fingerprint density at radius 3 is 0.889 bits per heavy atom. The van der Waals surface area contributed by atoms with E-state index in [0.717, 1.165) is 0 Å². The first kappa shape index (κ1) is 82.1. The van der Waals surface area contributed by atoms with Gasteiger partial charge in [0, 0.05) is 135 Å². The van der Waals surface area contributed by atoms with Crippen molar-refractivity contribution in [3.63, 3.8) is 0 Å². The van der Waals surface area contributed by atoms with Crippen molar-refractivity contribution in [1.29, 1.82) is 0 Å². The average molecular weight is 1390 g/mol. The predicted octanol–water partition coefficient (Wildman–Crippen LogP) is -1.50. The van der Waals surface area contributed by atoms with Crippen LogP contribution in [-0.4, -0.2) is 320 Å². The van der Waals surface area contributed by atoms with Crippen molar-refractivity contribution < 1.29 is 87.5 Å². The summed E-state index contributed by atoms with van der Waals surface area (Å²) in [6.45, 7) is 5.31. The molecule has 6 aromatic rings. The van der Waals surface area contributed by atoms with Crippen LogP contribution in [0.25, 0.3) is 34.9 Å². The number of likely N-dealkylation sites (N-methyl/N-ethyl adjacent to an activating group) is 3. The van der Waals surface area contributed by atoms with Crippen molar-refractivity contribution in [3.8, 4) is 34.9 Å². The molecule has 0 fully saturated rings. The van der Waals surface area contributed by atoms with Crippen molar-refractivity contribution in [3.05, 3.63) is 72.9 Å². The minimum Gasteiger partial charge on any atom is -0.481 e. The molecule has 5 N–H and O–H groups in total. The third-order valence-corrected chi connectivity index (χ3v) is 13.5. The molecule has 99 heavy (non-hydrogen) atoms. The number of aliphatic carboxylic acids is 2. The standard InChI is InChI=1S/C27H43N7O10.C19H27N7O5.C14H17N7O3/c1-34(8-3-23-30-32-27(33-31-23)26-28-6-2-7-29-26)24(35)4-9-38-11-13-40-15-17-42-19-21-44-22-20-43-18-16-41-14-12-39-10-5-25(36)37;1-26(16(31)5-2-4-14(30)10-19(11-27,12-28)13-29)9-6-15-22-24-18(25-23-15)17-20-7-3-8-21-17;1-21(11(22)4-2-5-12(23)24)9-6-10-17-19-14(20-18-10)13-15-7-3-8-16-13/h2,6-7H,3-5,8-22H2,1H3,(H,36,37);3,7-8,27-29H,2,4-6,9-13H2,1H3;3,7-8H,2,4-6,9H2,1H3,(H,23,24). The number of amides is 3. The lowest BCUT2D eigenvalue weighted by atomic mass is 9.84. The maximum absolute atomic E-state index is 12.3. The number of aliphatic hydroxyl groups is 3. The molecule has 0 atom stereocenters. The third-order valence-electron chi connectivity index (χ3n) is 13.5. The zero-order valence-electron chi connectivity index (χ0n) is 55.8. The van der Waals surface area contributed by atoms with Crippen LogP contribution in [-0.2, 0) is 81.2 Å². The van der Waals surface area contributed by atoms with Gasteiger partial charge in [0.1, 0.15) is 5.78 Å². The fourth-order valence-electron chi connectivity index (χ4n) is 7.70. The van der Waals surface area contributed by atoms with Crippen molar-refractivity contribution in [2.75, 3.05) is 153 Å². The Kier molecular flexibility index (Phi) is 41.5. The third kappa shape index (κ3) is 36.2. The summed E-state index contributed by atoms with van der Waals surface area (Å²) in [5, 5.41) is 92.5. The van der Waals surface area contributed by atoms with Gasteiger partial charge in [-0.15, -0.1) is 61.2 Å². The number of aromatic nitrogens is 18. The minimum atomic E-state index is -1.22. The number of carbonyl (C=O) groups excluding carboxylic acids is 4. The summed E-state index contributed by atoms with van der Waals surface area (Å²) in [5.74, 6) is 0.599. The molecule has 39 nitrogen and oxygen atoms in total. The van der Waals surface area contributed by atoms with Crippen LogP contribution >= 0.6 is 0 Å². The zero-order valence-corrected chi connectivity index (χ0v) is 55.8. The number of carboxylic acids is 2. The molecule has 0 spiro atoms. The number of carbonyl (C=O) groups is 6. The average Bonchev–Trinajstić information content (AvgIpc) is 0.912. The van der Waals surface area contributed by atoms with Crippen molar-refractivity contribution in [1.82, 2.24) is 106 Å². The Bertz CT molecular complexity index is 3180. The quantitative estimate of drug-likeness (QED) is 0.0271. The first-order chi connectivity index (χ1) is 48.0. The molecule has 0 unspecified atom stereocenters. The second kappa shape index (κ2) is 50.1. The maximum Gasteiger partial charge on any atom is 0.305 e. The van der Waals surface area contributed by atoms with E-state index < -0.39 is 37.2 Å². The number of hydrogen-bond donors (Lipinski definition) is 5. The van der Waals surface area contributed by atoms with Crippen LogP contribution in [0.3, 0.4) is 0 Å². The van der Waals surface area contributed by atoms with E-state index in [1.54, 1.807) is 81.4 Å². The Morgan fingerprint density at radius 2 is 0.606 bits per heavy atom. The summed E-state index contributed by atoms with van der Waals surface area (Å²) >= 11 is 0. The second-order valence-corrected chi connectivity index (χ2v) is 21.3. The van der Waals surface area contributed by atoms with E-state index in [2.05, 4.69) is 91.1 Å². The van der Waals surface area contributed by atoms with Crippen LogP contribution in [0.4, 0.5) is 0 Å². The summed E-state index contributed by atoms with van der Waals surface area (Å²) in [4.78, 5) is 97.9. The van der Waals surface area contributed by atoms with Crippen molar-refractivity contribution in [2.45, 2.75) is 77.0 Å². The summed E-state index contributed by atoms with van der Waals surface area (Å²) in [6, 6.07) is 5.05. The molecule has 0 saturated heterocycles. The molecule has 0 aromatic carbocycles. The number of carboxylic acid groups (broad SMARTS) is 2. The lowest BCUT2D eigenvalue weighted by Crippen LogP contribution is -2.36. The molecule has 0 aliphatic heterocycles. The van der Waals surface area contributed by atoms with Crippen LogP contribution in [0, 0.1) is 5.41 Å². The molecular weight excluding hydrogens is 1300 g/mol. The SMILES string of the molecule is CN(CCc1nnc(-c2ncccn2)nn1)C(=O)CCCC(=O)CC(CO)(CO)CO.CN(CCc1nnc(-c2ncccn2)nn1)C(=O)CCCC(=O)O.CN(CCc1nnc(-c2ncccn2)nn1)C(=O)CCOCCOCCOCCOCCOCCOCCOCCC(=O)O. The Labute approximate surface area is 570 Å². The van der Waals surface area contributed by atoms with Gasteiger partial charge in [-0.25, -0.2) is 29.9 Å². The fraction of sp³-hybridized carbons (Fsp3) is 0.600. The summed E-state index contributed by atoms with van der Waals surface area (Å²) in [5.41, 5.74) is -1.22. The summed E-state index contributed by atoms with van der Waals surface area (Å²) < 4.78 is 37.6. The molecule has 0 radical (unpaired) electrons. The van der Waals surface area contributed by atoms with Gasteiger partial charge >= 0.3 is 11.9 Å². The highest BCUT2D eigenvalue weighted by molar-refractivity contribution is 5.81. The smallest absolute Gasteiger partial charge is 0.305 e. The summed E-state index contributed by atoms with van der Waals surface area (Å²) in [6.07, 6.45) is 11.9. The molecule has 0 aliphatic rings. The van der Waals surface area contributed by atoms with Crippen LogP contribution in [0.5, 0.6) is 0 Å². The van der Waals surface area contributed by atoms with Gasteiger partial charge in [-0.05, 0) is 31.0 Å². The van der Waals surface area contributed by atoms with Gasteiger partial charge in [-0.1, -0.05) is 0 Å². The van der Waals surface area contributed by atoms with E-state index in [9.17, 15) is 44.1 Å². The molecular formula is C60H87N21O18. The van der Waals surface area contributed by atoms with Gasteiger partial charge in [0.05, 0.1) is 125 Å². The van der Waals surface area contributed by atoms with E-state index >= 15 is 0 Å². The number of ketones is 1. The van der Waals surface area contributed by atoms with E-state index in [4.69, 9.17) is 43.4 Å². The van der Waals surface area contributed by atoms with Gasteiger partial charge in [0.2, 0.25) is 52.7 Å². The summed E-state index contributed by atoms with van der Waals surface area (Å²) in [7, 11) is 5.01. The first-order valence-corrected chi connectivity index (χ1v) is 31.6. The van der Waals surface area contributed by atoms with E-state index in [1.165, 1.54) is 9.80 Å². The fourth-order valence-corrected chi connectivity index (χ4v) is 7.70. The molecule has 0 aliphatic carbocycles. The van der Waals surface area contributed by atoms with Gasteiger partial charge in [-0.2, -0.15) is 0 Å². The van der Waals surface area contributed by atoms with Gasteiger partial charge in [-0.3, -0.25) is 28.8 Å². The molecule has 39 heteroatoms. The number of aliphatic hydroxyl groups excluding tert-OH is 3. The normalized spacial score (nSPS) is 11.0. The first-order valence-electron chi connectivity index (χ1n) is 31.6. The molecule has 6 aromatic heterocycles. The lowest BCUT2D eigenvalue weighted by Gasteiger charge is -2.26. The van der Waals surface area contributed by atoms with Crippen LogP contribution in [0.1, 0.15) is 75.3 Å². The van der Waals surface area contributed by atoms with E-state index in [0.29, 0.717) is 173 Å². The van der Waals surface area contributed by atoms with Gasteiger partial charge < -0.3 is 73.4 Å². The van der Waals surface area contributed by atoms with Crippen molar-refractivity contribution >= 4 is 35.4 Å². The predicted molar refractivity (Wildman–Crippen MR) is 341 cm³/mol. The second-order valence-electron chi connectivity index (χ2n) is 21.3. The zero-order chi connectivity index (χ0) is 71.6. The molecule has 6 heterocycles. The monoisotopic (exact) mass is 1390 g/mol. The van der Waals surface area contributed by atoms with Crippen LogP contribution < -0.4 is 0 Å². The van der Waals surface area contributed by atoms with Crippen molar-refractivity contribution in [2.24, 2.45) is 5.41 Å². The molecule has 0 bridgehead atoms. The van der Waals surface area contributed by atoms with E-state index in [1.807, 2.05) is 0 Å². The Balaban J connectivity index is 0.000000331. The molecule has 540 valence electrons. The lowest BCUT2D eigenvalue weighted by molar-refractivity contribution is -0.139. The van der Waals surface area contributed by atoms with Gasteiger partial charge in [0.15, 0.2) is 17.5 Å². The highest BCUT2D eigenvalue weighted by atomic mass is 16.6. The van der Waals surface area contributed by atoms with Crippen LogP contribution in [0.15, 0.2) is 55.4 Å². The highest BCUT2D eigenvalue weighted by Gasteiger charge is 2.31. The molecule has 6 rings (SSSR count). The van der Waals surface area contributed by atoms with Crippen LogP contribution in [0.2, 0.25) is 0 Å². The molecule has 0 saturated carbocycles. The number of rotatable bonds is 49. The Morgan fingerprint density at radius 1 is 0.343 bits per heavy atom. The number of ether oxygens (including phenoxy) is 7. The Hall–Kier alpha value is -9.32. The van der Waals surface area contributed by atoms with E-state index in [-0.39, 0.29) is 92.5 Å². The number of nitrogens with zero attached hydrogens (tertiary/aromatic N) is 21. The minimum absolute atomic E-state index is 0.0108. The topological polar surface area (TPSA) is 510 Å². The molecule has 3 amide bonds.